The highest BCUT2D eigenvalue weighted by Crippen LogP contribution is 2.38. The molecule has 4 nitrogen and oxygen atoms in total. The van der Waals surface area contributed by atoms with Crippen molar-refractivity contribution in [3.8, 4) is 5.75 Å². The lowest BCUT2D eigenvalue weighted by molar-refractivity contribution is -0.130. The van der Waals surface area contributed by atoms with Gasteiger partial charge in [0, 0.05) is 17.2 Å². The van der Waals surface area contributed by atoms with Crippen LogP contribution in [0.15, 0.2) is 28.3 Å². The van der Waals surface area contributed by atoms with Crippen LogP contribution in [0.1, 0.15) is 51.9 Å². The highest BCUT2D eigenvalue weighted by Gasteiger charge is 2.33. The fraction of sp³-hybridized carbons (Fsp3) is 0.500. The van der Waals surface area contributed by atoms with E-state index in [1.165, 1.54) is 12.1 Å². The van der Waals surface area contributed by atoms with Gasteiger partial charge in [0.1, 0.15) is 11.4 Å². The van der Waals surface area contributed by atoms with Crippen molar-refractivity contribution >= 4 is 29.2 Å². The third-order valence-electron chi connectivity index (χ3n) is 5.33. The Morgan fingerprint density at radius 3 is 2.73 bits per heavy atom. The van der Waals surface area contributed by atoms with Crippen molar-refractivity contribution < 1.29 is 18.7 Å². The zero-order chi connectivity index (χ0) is 18.3. The number of hydrogen-bond acceptors (Lipinski definition) is 4. The smallest absolute Gasteiger partial charge is 0.341 e. The Labute approximate surface area is 157 Å². The number of rotatable bonds is 3. The lowest BCUT2D eigenvalue weighted by atomic mass is 9.93. The zero-order valence-corrected chi connectivity index (χ0v) is 15.4. The summed E-state index contributed by atoms with van der Waals surface area (Å²) >= 11 is 6.16. The van der Waals surface area contributed by atoms with Crippen LogP contribution in [-0.4, -0.2) is 18.0 Å². The van der Waals surface area contributed by atoms with Crippen molar-refractivity contribution in [1.29, 1.82) is 0 Å². The van der Waals surface area contributed by atoms with Crippen molar-refractivity contribution in [1.82, 2.24) is 0 Å². The molecule has 6 heteroatoms. The minimum Gasteiger partial charge on any atom is -0.489 e. The number of benzene rings is 1. The summed E-state index contributed by atoms with van der Waals surface area (Å²) < 4.78 is 25.6. The zero-order valence-electron chi connectivity index (χ0n) is 14.7. The van der Waals surface area contributed by atoms with Gasteiger partial charge < -0.3 is 9.47 Å². The molecule has 1 fully saturated rings. The molecule has 1 aromatic carbocycles. The first-order valence-corrected chi connectivity index (χ1v) is 9.58. The van der Waals surface area contributed by atoms with E-state index < -0.39 is 5.82 Å². The predicted molar refractivity (Wildman–Crippen MR) is 97.5 cm³/mol. The third kappa shape index (κ3) is 3.37. The molecule has 0 bridgehead atoms. The molecule has 26 heavy (non-hydrogen) atoms. The van der Waals surface area contributed by atoms with E-state index in [2.05, 4.69) is 11.9 Å². The summed E-state index contributed by atoms with van der Waals surface area (Å²) in [6.45, 7) is 2.19. The lowest BCUT2D eigenvalue weighted by Gasteiger charge is -2.15. The number of ether oxygens (including phenoxy) is 2. The van der Waals surface area contributed by atoms with Crippen molar-refractivity contribution in [2.75, 3.05) is 0 Å². The summed E-state index contributed by atoms with van der Waals surface area (Å²) in [6.07, 6.45) is 6.51. The van der Waals surface area contributed by atoms with Crippen LogP contribution in [0.5, 0.6) is 5.75 Å². The van der Waals surface area contributed by atoms with E-state index in [1.54, 1.807) is 0 Å². The van der Waals surface area contributed by atoms with Gasteiger partial charge in [-0.15, -0.1) is 0 Å². The topological polar surface area (TPSA) is 47.9 Å². The normalized spacial score (nSPS) is 27.0. The van der Waals surface area contributed by atoms with Crippen molar-refractivity contribution in [3.63, 3.8) is 0 Å². The van der Waals surface area contributed by atoms with Gasteiger partial charge in [-0.2, -0.15) is 0 Å². The molecule has 1 heterocycles. The van der Waals surface area contributed by atoms with Gasteiger partial charge in [-0.05, 0) is 56.9 Å². The van der Waals surface area contributed by atoms with Gasteiger partial charge in [-0.1, -0.05) is 18.5 Å². The molecule has 1 saturated carbocycles. The number of hydrogen-bond donors (Lipinski definition) is 0. The molecular weight excluding hydrogens is 357 g/mol. The highest BCUT2D eigenvalue weighted by molar-refractivity contribution is 6.32. The summed E-state index contributed by atoms with van der Waals surface area (Å²) in [6, 6.07) is 2.71. The van der Waals surface area contributed by atoms with Gasteiger partial charge in [-0.25, -0.2) is 14.2 Å². The van der Waals surface area contributed by atoms with Gasteiger partial charge >= 0.3 is 5.97 Å². The summed E-state index contributed by atoms with van der Waals surface area (Å²) in [5, 5.41) is 0.229. The summed E-state index contributed by atoms with van der Waals surface area (Å²) in [5.41, 5.74) is 1.57. The number of aliphatic imine (C=N–C) groups is 1. The van der Waals surface area contributed by atoms with Crippen LogP contribution in [0.2, 0.25) is 5.02 Å². The minimum absolute atomic E-state index is 0.0811. The van der Waals surface area contributed by atoms with Crippen LogP contribution in [0, 0.1) is 11.7 Å². The average Bonchev–Trinajstić information content (AvgIpc) is 3.16. The monoisotopic (exact) mass is 377 g/mol. The fourth-order valence-corrected chi connectivity index (χ4v) is 4.11. The molecular formula is C20H21ClFNO3. The third-order valence-corrected chi connectivity index (χ3v) is 5.62. The Bertz CT molecular complexity index is 818. The summed E-state index contributed by atoms with van der Waals surface area (Å²) in [7, 11) is 0. The number of cyclic esters (lactones) is 1. The van der Waals surface area contributed by atoms with E-state index in [0.29, 0.717) is 23.7 Å². The van der Waals surface area contributed by atoms with Crippen LogP contribution in [-0.2, 0) is 9.53 Å². The lowest BCUT2D eigenvalue weighted by Crippen LogP contribution is -2.12. The van der Waals surface area contributed by atoms with Crippen molar-refractivity contribution in [2.24, 2.45) is 10.9 Å². The largest absolute Gasteiger partial charge is 0.489 e. The second-order valence-corrected chi connectivity index (χ2v) is 7.77. The number of carbonyl (C=O) groups is 1. The van der Waals surface area contributed by atoms with Crippen LogP contribution in [0.3, 0.4) is 0 Å². The first-order valence-electron chi connectivity index (χ1n) is 9.20. The Kier molecular flexibility index (Phi) is 4.74. The Morgan fingerprint density at radius 2 is 2.00 bits per heavy atom. The number of esters is 1. The van der Waals surface area contributed by atoms with Crippen LogP contribution in [0.4, 0.5) is 10.1 Å². The van der Waals surface area contributed by atoms with E-state index in [1.807, 2.05) is 0 Å². The summed E-state index contributed by atoms with van der Waals surface area (Å²) in [5.74, 6) is 0.341. The average molecular weight is 378 g/mol. The molecule has 4 rings (SSSR count). The second kappa shape index (κ2) is 7.03. The molecule has 3 aliphatic rings. The SMILES string of the molecule is CC1CCC(Oc2cc(N=C3OC(=O)C4=C3CCCC4)c(F)cc2Cl)C1. The molecule has 1 aromatic rings. The van der Waals surface area contributed by atoms with E-state index >= 15 is 0 Å². The molecule has 2 unspecified atom stereocenters. The van der Waals surface area contributed by atoms with Gasteiger partial charge in [-0.3, -0.25) is 0 Å². The molecule has 1 aliphatic heterocycles. The van der Waals surface area contributed by atoms with E-state index in [4.69, 9.17) is 21.1 Å². The van der Waals surface area contributed by atoms with Crippen LogP contribution < -0.4 is 4.74 Å². The molecule has 138 valence electrons. The molecule has 0 saturated heterocycles. The Balaban J connectivity index is 1.63. The fourth-order valence-electron chi connectivity index (χ4n) is 3.91. The van der Waals surface area contributed by atoms with Gasteiger partial charge in [0.15, 0.2) is 5.82 Å². The van der Waals surface area contributed by atoms with E-state index in [0.717, 1.165) is 44.1 Å². The molecule has 2 aliphatic carbocycles. The van der Waals surface area contributed by atoms with Crippen molar-refractivity contribution in [3.05, 3.63) is 34.1 Å². The predicted octanol–water partition coefficient (Wildman–Crippen LogP) is 5.50. The first kappa shape index (κ1) is 17.5. The Hall–Kier alpha value is -1.88. The Morgan fingerprint density at radius 1 is 1.23 bits per heavy atom. The van der Waals surface area contributed by atoms with Gasteiger partial charge in [0.05, 0.1) is 11.1 Å². The van der Waals surface area contributed by atoms with Crippen LogP contribution in [0.25, 0.3) is 0 Å². The second-order valence-electron chi connectivity index (χ2n) is 7.36. The standard InChI is InChI=1S/C20H21ClFNO3/c1-11-6-7-12(8-11)25-18-10-17(16(22)9-15(18)21)23-19-13-4-2-3-5-14(13)20(24)26-19/h9-12H,2-8H2,1H3. The molecule has 0 N–H and O–H groups in total. The molecule has 0 aromatic heterocycles. The number of nitrogens with zero attached hydrogens (tertiary/aromatic N) is 1. The first-order chi connectivity index (χ1) is 12.5. The molecule has 0 spiro atoms. The number of carbonyl (C=O) groups excluding carboxylic acids is 1. The quantitative estimate of drug-likeness (QED) is 0.653. The van der Waals surface area contributed by atoms with Crippen LogP contribution >= 0.6 is 11.6 Å². The molecule has 0 amide bonds. The summed E-state index contributed by atoms with van der Waals surface area (Å²) in [4.78, 5) is 16.3. The van der Waals surface area contributed by atoms with Gasteiger partial charge in [0.2, 0.25) is 5.90 Å². The molecule has 2 atom stereocenters. The highest BCUT2D eigenvalue weighted by atomic mass is 35.5. The van der Waals surface area contributed by atoms with Gasteiger partial charge in [0.25, 0.3) is 0 Å². The maximum absolute atomic E-state index is 14.4. The number of halogens is 2. The molecule has 0 radical (unpaired) electrons. The minimum atomic E-state index is -0.560. The van der Waals surface area contributed by atoms with E-state index in [9.17, 15) is 9.18 Å². The maximum Gasteiger partial charge on any atom is 0.341 e. The maximum atomic E-state index is 14.4. The van der Waals surface area contributed by atoms with E-state index in [-0.39, 0.29) is 28.7 Å². The van der Waals surface area contributed by atoms with Crippen molar-refractivity contribution in [2.45, 2.75) is 58.0 Å².